The maximum atomic E-state index is 13.7. The molecule has 3 N–H and O–H groups in total. The number of aliphatic carboxylic acids is 1. The van der Waals surface area contributed by atoms with Crippen LogP contribution in [0.5, 0.6) is 5.75 Å². The predicted molar refractivity (Wildman–Crippen MR) is 76.1 cm³/mol. The number of benzene rings is 1. The molecular formula is C14H17F3N2O4. The van der Waals surface area contributed by atoms with E-state index in [-0.39, 0.29) is 24.3 Å². The molecule has 23 heavy (non-hydrogen) atoms. The monoisotopic (exact) mass is 334 g/mol. The first kappa shape index (κ1) is 18.6. The van der Waals surface area contributed by atoms with Crippen molar-refractivity contribution >= 4 is 17.7 Å². The summed E-state index contributed by atoms with van der Waals surface area (Å²) in [5.41, 5.74) is -1.05. The van der Waals surface area contributed by atoms with Gasteiger partial charge in [0, 0.05) is 18.0 Å². The SMILES string of the molecule is CC(C)(CCC(=O)O)NC(=O)Nc1ccc(OC(F)F)cc1F. The minimum atomic E-state index is -3.08. The first-order valence-corrected chi connectivity index (χ1v) is 6.64. The van der Waals surface area contributed by atoms with E-state index in [0.29, 0.717) is 0 Å². The van der Waals surface area contributed by atoms with Crippen molar-refractivity contribution in [1.29, 1.82) is 0 Å². The zero-order valence-corrected chi connectivity index (χ0v) is 12.5. The number of carboxylic acids is 1. The lowest BCUT2D eigenvalue weighted by Crippen LogP contribution is -2.45. The Morgan fingerprint density at radius 1 is 1.35 bits per heavy atom. The zero-order valence-electron chi connectivity index (χ0n) is 12.5. The first-order chi connectivity index (χ1) is 10.6. The smallest absolute Gasteiger partial charge is 0.387 e. The Morgan fingerprint density at radius 3 is 2.52 bits per heavy atom. The van der Waals surface area contributed by atoms with Gasteiger partial charge in [-0.05, 0) is 32.4 Å². The number of nitrogens with one attached hydrogen (secondary N) is 2. The van der Waals surface area contributed by atoms with E-state index in [2.05, 4.69) is 15.4 Å². The molecule has 9 heteroatoms. The van der Waals surface area contributed by atoms with Crippen LogP contribution in [-0.2, 0) is 4.79 Å². The van der Waals surface area contributed by atoms with Gasteiger partial charge in [0.15, 0.2) is 0 Å². The maximum absolute atomic E-state index is 13.7. The van der Waals surface area contributed by atoms with Crippen LogP contribution in [0.25, 0.3) is 0 Å². The lowest BCUT2D eigenvalue weighted by molar-refractivity contribution is -0.137. The van der Waals surface area contributed by atoms with Gasteiger partial charge in [-0.2, -0.15) is 8.78 Å². The summed E-state index contributed by atoms with van der Waals surface area (Å²) in [6, 6.07) is 2.14. The van der Waals surface area contributed by atoms with Crippen LogP contribution in [0.1, 0.15) is 26.7 Å². The molecule has 6 nitrogen and oxygen atoms in total. The van der Waals surface area contributed by atoms with Gasteiger partial charge in [-0.15, -0.1) is 0 Å². The van der Waals surface area contributed by atoms with E-state index in [0.717, 1.165) is 18.2 Å². The summed E-state index contributed by atoms with van der Waals surface area (Å²) in [5, 5.41) is 13.3. The molecule has 1 aromatic carbocycles. The summed E-state index contributed by atoms with van der Waals surface area (Å²) < 4.78 is 41.8. The molecule has 0 heterocycles. The second-order valence-corrected chi connectivity index (χ2v) is 5.38. The summed E-state index contributed by atoms with van der Waals surface area (Å²) >= 11 is 0. The minimum Gasteiger partial charge on any atom is -0.481 e. The third-order valence-corrected chi connectivity index (χ3v) is 2.83. The Labute approximate surface area is 130 Å². The molecule has 0 fully saturated rings. The Kier molecular flexibility index (Phi) is 6.23. The molecule has 0 aliphatic rings. The third kappa shape index (κ3) is 6.90. The van der Waals surface area contributed by atoms with Gasteiger partial charge < -0.3 is 20.5 Å². The number of alkyl halides is 2. The second-order valence-electron chi connectivity index (χ2n) is 5.38. The number of ether oxygens (including phenoxy) is 1. The topological polar surface area (TPSA) is 87.7 Å². The number of rotatable bonds is 7. The van der Waals surface area contributed by atoms with E-state index in [1.165, 1.54) is 0 Å². The standard InChI is InChI=1S/C14H17F3N2O4/c1-14(2,6-5-11(20)21)19-13(22)18-10-4-3-8(7-9(10)15)23-12(16)17/h3-4,7,12H,5-6H2,1-2H3,(H,20,21)(H2,18,19,22). The fraction of sp³-hybridized carbons (Fsp3) is 0.429. The van der Waals surface area contributed by atoms with Crippen LogP contribution in [0.15, 0.2) is 18.2 Å². The number of hydrogen-bond acceptors (Lipinski definition) is 3. The second kappa shape index (κ2) is 7.70. The highest BCUT2D eigenvalue weighted by atomic mass is 19.3. The van der Waals surface area contributed by atoms with Gasteiger partial charge in [0.25, 0.3) is 0 Å². The molecule has 0 aliphatic heterocycles. The van der Waals surface area contributed by atoms with Crippen molar-refractivity contribution in [2.75, 3.05) is 5.32 Å². The molecule has 0 spiro atoms. The zero-order chi connectivity index (χ0) is 17.6. The summed E-state index contributed by atoms with van der Waals surface area (Å²) in [5.74, 6) is -2.31. The van der Waals surface area contributed by atoms with Crippen LogP contribution in [0.2, 0.25) is 0 Å². The molecule has 0 atom stereocenters. The molecule has 0 aromatic heterocycles. The summed E-state index contributed by atoms with van der Waals surface area (Å²) in [7, 11) is 0. The Morgan fingerprint density at radius 2 is 2.00 bits per heavy atom. The van der Waals surface area contributed by atoms with Gasteiger partial charge in [0.2, 0.25) is 0 Å². The number of anilines is 1. The van der Waals surface area contributed by atoms with Crippen LogP contribution in [0, 0.1) is 5.82 Å². The number of amides is 2. The number of carbonyl (C=O) groups excluding carboxylic acids is 1. The average Bonchev–Trinajstić information content (AvgIpc) is 2.38. The molecule has 2 amide bonds. The van der Waals surface area contributed by atoms with Crippen LogP contribution < -0.4 is 15.4 Å². The molecule has 0 unspecified atom stereocenters. The largest absolute Gasteiger partial charge is 0.481 e. The van der Waals surface area contributed by atoms with Crippen molar-refractivity contribution in [3.63, 3.8) is 0 Å². The highest BCUT2D eigenvalue weighted by Crippen LogP contribution is 2.22. The highest BCUT2D eigenvalue weighted by Gasteiger charge is 2.22. The van der Waals surface area contributed by atoms with E-state index in [9.17, 15) is 22.8 Å². The van der Waals surface area contributed by atoms with Gasteiger partial charge in [-0.3, -0.25) is 4.79 Å². The number of hydrogen-bond donors (Lipinski definition) is 3. The van der Waals surface area contributed by atoms with Crippen LogP contribution in [0.3, 0.4) is 0 Å². The third-order valence-electron chi connectivity index (χ3n) is 2.83. The maximum Gasteiger partial charge on any atom is 0.387 e. The molecule has 0 radical (unpaired) electrons. The average molecular weight is 334 g/mol. The number of carbonyl (C=O) groups is 2. The quantitative estimate of drug-likeness (QED) is 0.714. The van der Waals surface area contributed by atoms with Gasteiger partial charge in [0.05, 0.1) is 5.69 Å². The van der Waals surface area contributed by atoms with E-state index in [1.807, 2.05) is 0 Å². The van der Waals surface area contributed by atoms with Crippen molar-refractivity contribution in [3.05, 3.63) is 24.0 Å². The number of carboxylic acid groups (broad SMARTS) is 1. The van der Waals surface area contributed by atoms with Crippen molar-refractivity contribution in [1.82, 2.24) is 5.32 Å². The van der Waals surface area contributed by atoms with Crippen LogP contribution in [-0.4, -0.2) is 29.3 Å². The van der Waals surface area contributed by atoms with Crippen LogP contribution in [0.4, 0.5) is 23.7 Å². The Hall–Kier alpha value is -2.45. The van der Waals surface area contributed by atoms with Crippen molar-refractivity contribution in [3.8, 4) is 5.75 Å². The number of halogens is 3. The highest BCUT2D eigenvalue weighted by molar-refractivity contribution is 5.90. The lowest BCUT2D eigenvalue weighted by atomic mass is 9.99. The van der Waals surface area contributed by atoms with Crippen molar-refractivity contribution in [2.24, 2.45) is 0 Å². The molecule has 0 aliphatic carbocycles. The van der Waals surface area contributed by atoms with Crippen molar-refractivity contribution < 1.29 is 32.6 Å². The van der Waals surface area contributed by atoms with Crippen molar-refractivity contribution in [2.45, 2.75) is 38.8 Å². The van der Waals surface area contributed by atoms with E-state index < -0.39 is 30.0 Å². The van der Waals surface area contributed by atoms with E-state index in [4.69, 9.17) is 5.11 Å². The minimum absolute atomic E-state index is 0.138. The van der Waals surface area contributed by atoms with Gasteiger partial charge >= 0.3 is 18.6 Å². The Balaban J connectivity index is 2.65. The molecule has 0 saturated heterocycles. The summed E-state index contributed by atoms with van der Waals surface area (Å²) in [4.78, 5) is 22.3. The molecule has 1 aromatic rings. The number of urea groups is 1. The summed E-state index contributed by atoms with van der Waals surface area (Å²) in [6.07, 6.45) is 0.0424. The van der Waals surface area contributed by atoms with Gasteiger partial charge in [-0.25, -0.2) is 9.18 Å². The first-order valence-electron chi connectivity index (χ1n) is 6.64. The fourth-order valence-corrected chi connectivity index (χ4v) is 1.72. The molecule has 1 rings (SSSR count). The molecular weight excluding hydrogens is 317 g/mol. The van der Waals surface area contributed by atoms with Gasteiger partial charge in [0.1, 0.15) is 11.6 Å². The summed E-state index contributed by atoms with van der Waals surface area (Å²) in [6.45, 7) is 0.156. The molecule has 128 valence electrons. The normalized spacial score (nSPS) is 11.2. The fourth-order valence-electron chi connectivity index (χ4n) is 1.72. The molecule has 0 saturated carbocycles. The predicted octanol–water partition coefficient (Wildman–Crippen LogP) is 3.19. The molecule has 0 bridgehead atoms. The van der Waals surface area contributed by atoms with E-state index in [1.54, 1.807) is 13.8 Å². The Bertz CT molecular complexity index is 579. The van der Waals surface area contributed by atoms with E-state index >= 15 is 0 Å². The van der Waals surface area contributed by atoms with Gasteiger partial charge in [-0.1, -0.05) is 0 Å². The lowest BCUT2D eigenvalue weighted by Gasteiger charge is -2.25. The van der Waals surface area contributed by atoms with Crippen LogP contribution >= 0.6 is 0 Å².